The summed E-state index contributed by atoms with van der Waals surface area (Å²) in [6, 6.07) is 0. The number of methoxy groups -OCH3 is 1. The molecule has 2 fully saturated rings. The van der Waals surface area contributed by atoms with Gasteiger partial charge in [0.1, 0.15) is 0 Å². The van der Waals surface area contributed by atoms with Crippen LogP contribution in [0.5, 0.6) is 0 Å². The zero-order valence-corrected chi connectivity index (χ0v) is 7.99. The molecule has 6 nitrogen and oxygen atoms in total. The van der Waals surface area contributed by atoms with Crippen LogP contribution in [-0.2, 0) is 23.8 Å². The summed E-state index contributed by atoms with van der Waals surface area (Å²) in [5.74, 6) is -3.54. The lowest BCUT2D eigenvalue weighted by molar-refractivity contribution is -0.219. The van der Waals surface area contributed by atoms with Crippen molar-refractivity contribution in [2.75, 3.05) is 7.11 Å². The van der Waals surface area contributed by atoms with Crippen LogP contribution in [0.15, 0.2) is 0 Å². The van der Waals surface area contributed by atoms with E-state index in [-0.39, 0.29) is 0 Å². The van der Waals surface area contributed by atoms with Crippen molar-refractivity contribution in [3.05, 3.63) is 0 Å². The van der Waals surface area contributed by atoms with Crippen LogP contribution >= 0.6 is 0 Å². The Kier molecular flexibility index (Phi) is 1.41. The van der Waals surface area contributed by atoms with Crippen molar-refractivity contribution < 1.29 is 28.9 Å². The molecule has 0 saturated carbocycles. The summed E-state index contributed by atoms with van der Waals surface area (Å²) >= 11 is 0. The summed E-state index contributed by atoms with van der Waals surface area (Å²) < 4.78 is 14.1. The van der Waals surface area contributed by atoms with Gasteiger partial charge in [0.25, 0.3) is 5.60 Å². The molecular weight excluding hydrogens is 192 g/mol. The highest BCUT2D eigenvalue weighted by atomic mass is 16.8. The van der Waals surface area contributed by atoms with Gasteiger partial charge in [0.15, 0.2) is 5.60 Å². The molecular formula is C8H10O6. The third-order valence-electron chi connectivity index (χ3n) is 2.92. The van der Waals surface area contributed by atoms with E-state index >= 15 is 0 Å². The first-order chi connectivity index (χ1) is 6.32. The molecule has 2 rings (SSSR count). The average molecular weight is 202 g/mol. The first-order valence-corrected chi connectivity index (χ1v) is 4.06. The monoisotopic (exact) mass is 202 g/mol. The molecule has 2 saturated heterocycles. The quantitative estimate of drug-likeness (QED) is 0.332. The number of fused-ring (bicyclic) bond motifs is 1. The van der Waals surface area contributed by atoms with Crippen LogP contribution in [0, 0.1) is 0 Å². The third kappa shape index (κ3) is 0.665. The van der Waals surface area contributed by atoms with Crippen molar-refractivity contribution in [3.63, 3.8) is 0 Å². The fraction of sp³-hybridized carbons (Fsp3) is 0.750. The standard InChI is InChI=1S/C8H10O6/c1-6-7(2,11)13-5(10)8(6,14-6)4(9)12-3/h11H,1-3H3/t6-,7?,8+/m1/s1. The van der Waals surface area contributed by atoms with Gasteiger partial charge in [-0.1, -0.05) is 0 Å². The van der Waals surface area contributed by atoms with Gasteiger partial charge in [-0.15, -0.1) is 0 Å². The van der Waals surface area contributed by atoms with Crippen molar-refractivity contribution in [1.29, 1.82) is 0 Å². The Morgan fingerprint density at radius 1 is 1.50 bits per heavy atom. The normalized spacial score (nSPS) is 49.6. The number of aliphatic hydroxyl groups is 1. The molecule has 0 amide bonds. The van der Waals surface area contributed by atoms with Gasteiger partial charge in [-0.3, -0.25) is 0 Å². The number of carbonyl (C=O) groups is 2. The molecule has 6 heteroatoms. The van der Waals surface area contributed by atoms with E-state index in [1.807, 2.05) is 0 Å². The van der Waals surface area contributed by atoms with E-state index in [2.05, 4.69) is 9.47 Å². The molecule has 0 radical (unpaired) electrons. The smallest absolute Gasteiger partial charge is 0.356 e. The van der Waals surface area contributed by atoms with Crippen molar-refractivity contribution in [3.8, 4) is 0 Å². The van der Waals surface area contributed by atoms with Crippen LogP contribution in [0.1, 0.15) is 13.8 Å². The van der Waals surface area contributed by atoms with E-state index in [4.69, 9.17) is 4.74 Å². The number of carbonyl (C=O) groups excluding carboxylic acids is 2. The minimum absolute atomic E-state index is 0.845. The predicted octanol–water partition coefficient (Wildman–Crippen LogP) is -1.05. The Labute approximate surface area is 79.7 Å². The second-order valence-corrected chi connectivity index (χ2v) is 3.68. The minimum atomic E-state index is -1.79. The van der Waals surface area contributed by atoms with Gasteiger partial charge in [-0.2, -0.15) is 0 Å². The Bertz CT molecular complexity index is 335. The number of cyclic esters (lactones) is 1. The van der Waals surface area contributed by atoms with Crippen molar-refractivity contribution in [2.24, 2.45) is 0 Å². The maximum absolute atomic E-state index is 11.4. The maximum atomic E-state index is 11.4. The highest BCUT2D eigenvalue weighted by Gasteiger charge is 2.91. The largest absolute Gasteiger partial charge is 0.466 e. The number of ether oxygens (including phenoxy) is 3. The summed E-state index contributed by atoms with van der Waals surface area (Å²) in [5, 5.41) is 9.67. The number of esters is 2. The number of hydrogen-bond donors (Lipinski definition) is 1. The molecule has 78 valence electrons. The molecule has 2 heterocycles. The number of hydrogen-bond acceptors (Lipinski definition) is 6. The van der Waals surface area contributed by atoms with Gasteiger partial charge < -0.3 is 19.3 Å². The number of rotatable bonds is 1. The zero-order chi connectivity index (χ0) is 10.8. The first kappa shape index (κ1) is 9.42. The van der Waals surface area contributed by atoms with Gasteiger partial charge >= 0.3 is 11.9 Å². The topological polar surface area (TPSA) is 85.4 Å². The summed E-state index contributed by atoms with van der Waals surface area (Å²) in [5.41, 5.74) is -3.12. The summed E-state index contributed by atoms with van der Waals surface area (Å²) in [6.07, 6.45) is 0. The lowest BCUT2D eigenvalue weighted by Gasteiger charge is -2.21. The highest BCUT2D eigenvalue weighted by Crippen LogP contribution is 2.61. The fourth-order valence-electron chi connectivity index (χ4n) is 1.75. The van der Waals surface area contributed by atoms with Crippen molar-refractivity contribution in [2.45, 2.75) is 30.8 Å². The molecule has 2 aliphatic rings. The van der Waals surface area contributed by atoms with Crippen molar-refractivity contribution in [1.82, 2.24) is 0 Å². The van der Waals surface area contributed by atoms with E-state index in [9.17, 15) is 14.7 Å². The first-order valence-electron chi connectivity index (χ1n) is 4.06. The number of epoxide rings is 1. The summed E-state index contributed by atoms with van der Waals surface area (Å²) in [6.45, 7) is 2.69. The van der Waals surface area contributed by atoms with E-state index in [1.165, 1.54) is 13.8 Å². The molecule has 0 spiro atoms. The van der Waals surface area contributed by atoms with E-state index in [0.29, 0.717) is 0 Å². The van der Waals surface area contributed by atoms with Crippen LogP contribution in [0.2, 0.25) is 0 Å². The Morgan fingerprint density at radius 2 is 2.07 bits per heavy atom. The second-order valence-electron chi connectivity index (χ2n) is 3.68. The van der Waals surface area contributed by atoms with E-state index in [1.54, 1.807) is 0 Å². The molecule has 0 aromatic heterocycles. The lowest BCUT2D eigenvalue weighted by atomic mass is 9.91. The Morgan fingerprint density at radius 3 is 2.36 bits per heavy atom. The SMILES string of the molecule is COC(=O)[C@@]12O[C@]1(C)C(C)(O)OC2=O. The average Bonchev–Trinajstić information content (AvgIpc) is 2.69. The van der Waals surface area contributed by atoms with Crippen LogP contribution < -0.4 is 0 Å². The van der Waals surface area contributed by atoms with Crippen LogP contribution in [0.4, 0.5) is 0 Å². The van der Waals surface area contributed by atoms with Gasteiger partial charge in [-0.05, 0) is 6.92 Å². The molecule has 2 aliphatic heterocycles. The zero-order valence-electron chi connectivity index (χ0n) is 7.99. The second kappa shape index (κ2) is 2.09. The molecule has 1 N–H and O–H groups in total. The third-order valence-corrected chi connectivity index (χ3v) is 2.92. The van der Waals surface area contributed by atoms with Crippen molar-refractivity contribution >= 4 is 11.9 Å². The van der Waals surface area contributed by atoms with Gasteiger partial charge in [-0.25, -0.2) is 9.59 Å². The van der Waals surface area contributed by atoms with Gasteiger partial charge in [0.05, 0.1) is 7.11 Å². The fourth-order valence-corrected chi connectivity index (χ4v) is 1.75. The summed E-state index contributed by atoms with van der Waals surface area (Å²) in [4.78, 5) is 22.7. The lowest BCUT2D eigenvalue weighted by Crippen LogP contribution is -2.42. The molecule has 0 aliphatic carbocycles. The van der Waals surface area contributed by atoms with E-state index in [0.717, 1.165) is 7.11 Å². The van der Waals surface area contributed by atoms with Crippen LogP contribution in [-0.4, -0.2) is 41.1 Å². The maximum Gasteiger partial charge on any atom is 0.356 e. The molecule has 1 unspecified atom stereocenters. The predicted molar refractivity (Wildman–Crippen MR) is 41.0 cm³/mol. The highest BCUT2D eigenvalue weighted by molar-refractivity contribution is 6.10. The van der Waals surface area contributed by atoms with E-state index < -0.39 is 28.9 Å². The Balaban J connectivity index is 2.44. The summed E-state index contributed by atoms with van der Waals surface area (Å²) in [7, 11) is 1.14. The van der Waals surface area contributed by atoms with Crippen LogP contribution in [0.25, 0.3) is 0 Å². The minimum Gasteiger partial charge on any atom is -0.466 e. The molecule has 0 bridgehead atoms. The van der Waals surface area contributed by atoms with Gasteiger partial charge in [0, 0.05) is 6.92 Å². The Hall–Kier alpha value is -1.14. The molecule has 3 atom stereocenters. The molecule has 14 heavy (non-hydrogen) atoms. The van der Waals surface area contributed by atoms with Gasteiger partial charge in [0.2, 0.25) is 5.79 Å². The van der Waals surface area contributed by atoms with Crippen LogP contribution in [0.3, 0.4) is 0 Å². The molecule has 0 aromatic carbocycles. The molecule has 0 aromatic rings.